The number of anilines is 3. The van der Waals surface area contributed by atoms with Crippen molar-refractivity contribution in [2.45, 2.75) is 52.0 Å². The Labute approximate surface area is 193 Å². The minimum Gasteiger partial charge on any atom is -0.397 e. The molecule has 0 radical (unpaired) electrons. The molecule has 0 spiro atoms. The van der Waals surface area contributed by atoms with Crippen molar-refractivity contribution in [2.75, 3.05) is 42.1 Å². The number of carbonyl (C=O) groups is 1. The largest absolute Gasteiger partial charge is 0.397 e. The molecule has 2 aromatic carbocycles. The molecule has 1 aliphatic heterocycles. The fraction of sp³-hybridized carbons (Fsp3) is 0.519. The quantitative estimate of drug-likeness (QED) is 0.557. The number of benzene rings is 2. The van der Waals surface area contributed by atoms with Crippen molar-refractivity contribution in [1.29, 1.82) is 0 Å². The van der Waals surface area contributed by atoms with Gasteiger partial charge in [0.15, 0.2) is 0 Å². The molecule has 2 aromatic rings. The van der Waals surface area contributed by atoms with Gasteiger partial charge in [0.1, 0.15) is 0 Å². The van der Waals surface area contributed by atoms with Gasteiger partial charge in [0.25, 0.3) is 5.91 Å². The summed E-state index contributed by atoms with van der Waals surface area (Å²) in [6, 6.07) is 16.1. The zero-order valence-electron chi connectivity index (χ0n) is 18.3. The Morgan fingerprint density at radius 3 is 2.22 bits per heavy atom. The summed E-state index contributed by atoms with van der Waals surface area (Å²) in [5, 5.41) is 2.92. The summed E-state index contributed by atoms with van der Waals surface area (Å²) in [5.41, 5.74) is 9.12. The zero-order valence-corrected chi connectivity index (χ0v) is 18.3. The van der Waals surface area contributed by atoms with Gasteiger partial charge >= 0.3 is 0 Å². The van der Waals surface area contributed by atoms with Crippen LogP contribution >= 0.6 is 0 Å². The summed E-state index contributed by atoms with van der Waals surface area (Å²) < 4.78 is 0. The highest BCUT2D eigenvalue weighted by Crippen LogP contribution is 2.35. The van der Waals surface area contributed by atoms with Crippen molar-refractivity contribution in [1.82, 2.24) is 4.90 Å². The highest BCUT2D eigenvalue weighted by molar-refractivity contribution is 6.05. The van der Waals surface area contributed by atoms with Crippen LogP contribution in [0.5, 0.6) is 0 Å². The molecular formula is C27H38N4O. The van der Waals surface area contributed by atoms with Crippen LogP contribution < -0.4 is 16.0 Å². The van der Waals surface area contributed by atoms with Crippen LogP contribution in [0, 0.1) is 11.8 Å². The van der Waals surface area contributed by atoms with Crippen molar-refractivity contribution in [3.63, 3.8) is 0 Å². The molecule has 0 aromatic heterocycles. The number of likely N-dealkylation sites (tertiary alicyclic amines) is 1. The molecule has 2 saturated carbocycles. The predicted molar refractivity (Wildman–Crippen MR) is 134 cm³/mol. The summed E-state index contributed by atoms with van der Waals surface area (Å²) >= 11 is 0. The summed E-state index contributed by atoms with van der Waals surface area (Å²) in [6.07, 6.45) is 8.07. The van der Waals surface area contributed by atoms with Gasteiger partial charge in [-0.2, -0.15) is 0 Å². The van der Waals surface area contributed by atoms with Gasteiger partial charge in [0.2, 0.25) is 0 Å². The van der Waals surface area contributed by atoms with E-state index in [2.05, 4.69) is 27.2 Å². The van der Waals surface area contributed by atoms with E-state index in [0.717, 1.165) is 18.4 Å². The Bertz CT molecular complexity index is 896. The number of piperidine rings is 1. The third-order valence-corrected chi connectivity index (χ3v) is 7.03. The maximum Gasteiger partial charge on any atom is 0.255 e. The monoisotopic (exact) mass is 434 g/mol. The van der Waals surface area contributed by atoms with E-state index in [1.807, 2.05) is 30.3 Å². The van der Waals surface area contributed by atoms with Gasteiger partial charge in [-0.15, -0.1) is 0 Å². The molecule has 5 heteroatoms. The molecular weight excluding hydrogens is 396 g/mol. The molecule has 0 unspecified atom stereocenters. The third kappa shape index (κ3) is 5.63. The highest BCUT2D eigenvalue weighted by Gasteiger charge is 2.32. The zero-order chi connectivity index (χ0) is 21.2. The molecule has 1 heterocycles. The number of para-hydroxylation sites is 2. The van der Waals surface area contributed by atoms with E-state index in [-0.39, 0.29) is 13.3 Å². The van der Waals surface area contributed by atoms with Crippen LogP contribution in [0.15, 0.2) is 48.5 Å². The van der Waals surface area contributed by atoms with Crippen LogP contribution in [0.1, 0.15) is 56.3 Å². The molecule has 3 N–H and O–H groups in total. The van der Waals surface area contributed by atoms with Crippen LogP contribution in [0.2, 0.25) is 0 Å². The molecule has 0 atom stereocenters. The highest BCUT2D eigenvalue weighted by atomic mass is 16.1. The smallest absolute Gasteiger partial charge is 0.255 e. The second kappa shape index (κ2) is 9.95. The first-order valence-corrected chi connectivity index (χ1v) is 11.9. The Morgan fingerprint density at radius 1 is 0.938 bits per heavy atom. The van der Waals surface area contributed by atoms with E-state index >= 15 is 0 Å². The fourth-order valence-corrected chi connectivity index (χ4v) is 4.73. The maximum atomic E-state index is 12.7. The van der Waals surface area contributed by atoms with E-state index in [0.29, 0.717) is 23.0 Å². The van der Waals surface area contributed by atoms with Crippen LogP contribution in [-0.4, -0.2) is 43.0 Å². The van der Waals surface area contributed by atoms with Crippen molar-refractivity contribution in [2.24, 2.45) is 11.8 Å². The number of carbonyl (C=O) groups excluding carboxylic acids is 1. The van der Waals surface area contributed by atoms with E-state index < -0.39 is 0 Å². The lowest BCUT2D eigenvalue weighted by molar-refractivity contribution is 0.102. The van der Waals surface area contributed by atoms with E-state index in [4.69, 9.17) is 5.73 Å². The number of nitrogen functional groups attached to an aromatic ring is 1. The SMILES string of the molecule is C.Nc1ccccc1NC(=O)c1ccc(N(CC2CC2)C2CCN(CC3CC3)CC2)cc1. The summed E-state index contributed by atoms with van der Waals surface area (Å²) in [4.78, 5) is 18.0. The molecule has 2 aliphatic carbocycles. The number of amides is 1. The number of rotatable bonds is 8. The van der Waals surface area contributed by atoms with Crippen LogP contribution in [0.3, 0.4) is 0 Å². The third-order valence-electron chi connectivity index (χ3n) is 7.03. The van der Waals surface area contributed by atoms with Crippen molar-refractivity contribution in [3.05, 3.63) is 54.1 Å². The average molecular weight is 435 g/mol. The number of hydrogen-bond donors (Lipinski definition) is 2. The van der Waals surface area contributed by atoms with Gasteiger partial charge in [-0.3, -0.25) is 4.79 Å². The molecule has 3 fully saturated rings. The van der Waals surface area contributed by atoms with Crippen LogP contribution in [0.4, 0.5) is 17.1 Å². The minimum absolute atomic E-state index is 0. The lowest BCUT2D eigenvalue weighted by Gasteiger charge is -2.40. The first-order chi connectivity index (χ1) is 15.2. The normalized spacial score (nSPS) is 19.2. The molecule has 1 saturated heterocycles. The Balaban J connectivity index is 0.00000245. The molecule has 32 heavy (non-hydrogen) atoms. The molecule has 5 nitrogen and oxygen atoms in total. The van der Waals surface area contributed by atoms with E-state index in [1.54, 1.807) is 6.07 Å². The standard InChI is InChI=1S/C26H34N4O.CH4/c27-24-3-1-2-4-25(24)28-26(31)21-9-11-22(12-10-21)30(18-20-7-8-20)23-13-15-29(16-14-23)17-19-5-6-19;/h1-4,9-12,19-20,23H,5-8,13-18,27H2,(H,28,31);1H4. The minimum atomic E-state index is -0.119. The van der Waals surface area contributed by atoms with Gasteiger partial charge in [-0.05, 0) is 86.8 Å². The average Bonchev–Trinajstić information content (AvgIpc) is 3.71. The Kier molecular flexibility index (Phi) is 7.04. The first kappa shape index (κ1) is 22.7. The number of nitrogens with two attached hydrogens (primary N) is 1. The van der Waals surface area contributed by atoms with E-state index in [1.165, 1.54) is 63.8 Å². The lowest BCUT2D eigenvalue weighted by atomic mass is 10.0. The molecule has 5 rings (SSSR count). The summed E-state index contributed by atoms with van der Waals surface area (Å²) in [5.74, 6) is 1.70. The van der Waals surface area contributed by atoms with Crippen LogP contribution in [0.25, 0.3) is 0 Å². The summed E-state index contributed by atoms with van der Waals surface area (Å²) in [6.45, 7) is 4.91. The van der Waals surface area contributed by atoms with Crippen LogP contribution in [-0.2, 0) is 0 Å². The fourth-order valence-electron chi connectivity index (χ4n) is 4.73. The van der Waals surface area contributed by atoms with Gasteiger partial charge in [0, 0.05) is 43.5 Å². The number of nitrogens with one attached hydrogen (secondary N) is 1. The van der Waals surface area contributed by atoms with Crippen molar-refractivity contribution >= 4 is 23.0 Å². The lowest BCUT2D eigenvalue weighted by Crippen LogP contribution is -2.46. The second-order valence-corrected chi connectivity index (χ2v) is 9.66. The summed E-state index contributed by atoms with van der Waals surface area (Å²) in [7, 11) is 0. The molecule has 0 bridgehead atoms. The first-order valence-electron chi connectivity index (χ1n) is 11.9. The van der Waals surface area contributed by atoms with E-state index in [9.17, 15) is 4.79 Å². The van der Waals surface area contributed by atoms with Gasteiger partial charge in [0.05, 0.1) is 11.4 Å². The number of hydrogen-bond acceptors (Lipinski definition) is 4. The topological polar surface area (TPSA) is 61.6 Å². The van der Waals surface area contributed by atoms with Gasteiger partial charge < -0.3 is 20.9 Å². The Hall–Kier alpha value is -2.53. The predicted octanol–water partition coefficient (Wildman–Crippen LogP) is 5.25. The molecule has 3 aliphatic rings. The molecule has 1 amide bonds. The van der Waals surface area contributed by atoms with Crippen molar-refractivity contribution < 1.29 is 4.79 Å². The second-order valence-electron chi connectivity index (χ2n) is 9.66. The molecule has 172 valence electrons. The maximum absolute atomic E-state index is 12.7. The Morgan fingerprint density at radius 2 is 1.59 bits per heavy atom. The van der Waals surface area contributed by atoms with Crippen molar-refractivity contribution in [3.8, 4) is 0 Å². The number of nitrogens with zero attached hydrogens (tertiary/aromatic N) is 2. The van der Waals surface area contributed by atoms with Gasteiger partial charge in [-0.1, -0.05) is 19.6 Å². The van der Waals surface area contributed by atoms with Gasteiger partial charge in [-0.25, -0.2) is 0 Å².